The van der Waals surface area contributed by atoms with Gasteiger partial charge in [0.2, 0.25) is 0 Å². The molecule has 4 atom stereocenters. The van der Waals surface area contributed by atoms with E-state index in [1.54, 1.807) is 0 Å². The van der Waals surface area contributed by atoms with E-state index in [0.29, 0.717) is 0 Å². The van der Waals surface area contributed by atoms with E-state index in [0.717, 1.165) is 12.2 Å². The van der Waals surface area contributed by atoms with Gasteiger partial charge in [-0.1, -0.05) is 200 Å². The zero-order valence-electron chi connectivity index (χ0n) is 34.0. The molecule has 0 radical (unpaired) electrons. The van der Waals surface area contributed by atoms with E-state index in [1.165, 1.54) is 82.6 Å². The first-order valence-electron chi connectivity index (χ1n) is 21.4. The Morgan fingerprint density at radius 2 is 1.10 bits per heavy atom. The lowest BCUT2D eigenvalue weighted by Gasteiger charge is -2.34. The third-order valence-corrected chi connectivity index (χ3v) is 13.3. The van der Waals surface area contributed by atoms with Gasteiger partial charge in [0.05, 0.1) is 16.4 Å². The largest absolute Gasteiger partial charge is 0.309 e. The van der Waals surface area contributed by atoms with Gasteiger partial charge >= 0.3 is 0 Å². The van der Waals surface area contributed by atoms with Gasteiger partial charge in [-0.05, 0) is 80.7 Å². The number of hydrogen-bond donors (Lipinski definition) is 1. The molecule has 1 fully saturated rings. The number of aromatic nitrogens is 1. The van der Waals surface area contributed by atoms with Gasteiger partial charge < -0.3 is 4.57 Å². The van der Waals surface area contributed by atoms with Crippen molar-refractivity contribution in [1.29, 1.82) is 0 Å². The maximum absolute atomic E-state index is 3.62. The predicted molar refractivity (Wildman–Crippen MR) is 250 cm³/mol. The van der Waals surface area contributed by atoms with E-state index in [9.17, 15) is 0 Å². The van der Waals surface area contributed by atoms with Crippen LogP contribution in [0, 0.1) is 0 Å². The maximum atomic E-state index is 3.62. The molecule has 1 aromatic heterocycles. The number of para-hydroxylation sites is 1. The fourth-order valence-corrected chi connectivity index (χ4v) is 10.8. The quantitative estimate of drug-likeness (QED) is 0.147. The van der Waals surface area contributed by atoms with Crippen molar-refractivity contribution in [3.63, 3.8) is 0 Å². The number of nitrogens with one attached hydrogen (secondary N) is 1. The minimum atomic E-state index is -0.514. The Bertz CT molecular complexity index is 3170. The monoisotopic (exact) mass is 784 g/mol. The molecule has 1 aliphatic carbocycles. The van der Waals surface area contributed by atoms with Crippen molar-refractivity contribution in [2.24, 2.45) is 0 Å². The Balaban J connectivity index is 1.08. The number of nitrogens with zero attached hydrogens (tertiary/aromatic N) is 3. The average molecular weight is 785 g/mol. The summed E-state index contributed by atoms with van der Waals surface area (Å²) in [7, 11) is 2.06. The minimum absolute atomic E-state index is 0.0437. The highest BCUT2D eigenvalue weighted by molar-refractivity contribution is 6.27. The molecule has 10 aromatic rings. The summed E-state index contributed by atoms with van der Waals surface area (Å²) in [5.74, 6) is 0. The van der Waals surface area contributed by atoms with Crippen LogP contribution in [0.1, 0.15) is 51.3 Å². The first-order chi connectivity index (χ1) is 30.3. The molecule has 0 bridgehead atoms. The molecule has 1 N–H and O–H groups in total. The molecule has 2 aliphatic rings. The number of hydrogen-bond acceptors (Lipinski definition) is 3. The summed E-state index contributed by atoms with van der Waals surface area (Å²) in [6, 6.07) is 80.6. The Morgan fingerprint density at radius 3 is 1.77 bits per heavy atom. The number of benzene rings is 9. The molecule has 0 spiro atoms. The van der Waals surface area contributed by atoms with Crippen molar-refractivity contribution in [1.82, 2.24) is 19.9 Å². The van der Waals surface area contributed by atoms with Gasteiger partial charge in [-0.2, -0.15) is 5.01 Å². The summed E-state index contributed by atoms with van der Waals surface area (Å²) in [6.45, 7) is 0.831. The van der Waals surface area contributed by atoms with E-state index in [-0.39, 0.29) is 12.3 Å². The lowest BCUT2D eigenvalue weighted by Crippen LogP contribution is -2.28. The molecule has 1 saturated heterocycles. The van der Waals surface area contributed by atoms with Crippen molar-refractivity contribution in [2.45, 2.75) is 24.3 Å². The Hall–Kier alpha value is -7.08. The van der Waals surface area contributed by atoms with Crippen LogP contribution < -0.4 is 5.32 Å². The lowest BCUT2D eigenvalue weighted by molar-refractivity contribution is 0.209. The normalized spacial score (nSPS) is 18.0. The molecule has 2 heterocycles. The van der Waals surface area contributed by atoms with Crippen LogP contribution in [-0.4, -0.2) is 21.6 Å². The van der Waals surface area contributed by atoms with Crippen LogP contribution in [0.2, 0.25) is 0 Å². The summed E-state index contributed by atoms with van der Waals surface area (Å²) in [5.41, 5.74) is 14.8. The molecular formula is C57H44N4. The zero-order valence-corrected chi connectivity index (χ0v) is 34.0. The van der Waals surface area contributed by atoms with E-state index < -0.39 is 5.41 Å². The smallest absolute Gasteiger partial charge is 0.117 e. The van der Waals surface area contributed by atoms with Crippen molar-refractivity contribution >= 4 is 32.6 Å². The Kier molecular flexibility index (Phi) is 8.39. The summed E-state index contributed by atoms with van der Waals surface area (Å²) in [5, 5.41) is 13.7. The summed E-state index contributed by atoms with van der Waals surface area (Å²) in [4.78, 5) is 0. The fourth-order valence-electron chi connectivity index (χ4n) is 10.8. The molecule has 1 aliphatic heterocycles. The first-order valence-corrected chi connectivity index (χ1v) is 21.4. The zero-order chi connectivity index (χ0) is 40.5. The highest BCUT2D eigenvalue weighted by Crippen LogP contribution is 2.61. The molecule has 4 heteroatoms. The molecule has 12 rings (SSSR count). The van der Waals surface area contributed by atoms with Crippen LogP contribution in [0.4, 0.5) is 0 Å². The van der Waals surface area contributed by atoms with Gasteiger partial charge in [-0.15, -0.1) is 0 Å². The van der Waals surface area contributed by atoms with Crippen molar-refractivity contribution < 1.29 is 0 Å². The molecule has 292 valence electrons. The van der Waals surface area contributed by atoms with Gasteiger partial charge in [0.25, 0.3) is 0 Å². The third kappa shape index (κ3) is 5.37. The third-order valence-electron chi connectivity index (χ3n) is 13.3. The standard InChI is InChI=1S/C57H44N4/c1-58-55(40-22-8-3-9-23-40)61-56(59(61)38-39-20-6-2-7-21-39)41-34-36-44(37-35-41)60-50-33-19-17-31-48(50)52-51-47-30-16-18-32-49(47)57(42-24-10-4-11-25-42,43-26-12-5-13-27-43)53(51)45-28-14-15-29-46(45)54(52)60/h2-37,55-56,58H,38H2,1H3. The SMILES string of the molecule is CNC(c1ccccc1)N1C(c2ccc(-n3c4ccccc4c4c5c(c6ccccc6c43)C(c3ccccc3)(c3ccccc3)c3ccccc3-5)cc2)N1Cc1ccccc1. The summed E-state index contributed by atoms with van der Waals surface area (Å²) in [6.07, 6.45) is 0.164. The van der Waals surface area contributed by atoms with Gasteiger partial charge in [0.1, 0.15) is 12.3 Å². The molecule has 4 unspecified atom stereocenters. The Labute approximate surface area is 356 Å². The minimum Gasteiger partial charge on any atom is -0.309 e. The van der Waals surface area contributed by atoms with Crippen LogP contribution in [-0.2, 0) is 12.0 Å². The van der Waals surface area contributed by atoms with Crippen molar-refractivity contribution in [3.05, 3.63) is 257 Å². The van der Waals surface area contributed by atoms with Gasteiger partial charge in [-0.3, -0.25) is 5.32 Å². The average Bonchev–Trinajstić information content (AvgIpc) is 3.77. The molecule has 0 saturated carbocycles. The van der Waals surface area contributed by atoms with Gasteiger partial charge in [0.15, 0.2) is 0 Å². The van der Waals surface area contributed by atoms with Crippen LogP contribution in [0.3, 0.4) is 0 Å². The molecular weight excluding hydrogens is 741 g/mol. The maximum Gasteiger partial charge on any atom is 0.117 e. The van der Waals surface area contributed by atoms with Crippen LogP contribution in [0.5, 0.6) is 0 Å². The van der Waals surface area contributed by atoms with E-state index in [2.05, 4.69) is 245 Å². The summed E-state index contributed by atoms with van der Waals surface area (Å²) < 4.78 is 2.53. The van der Waals surface area contributed by atoms with Crippen LogP contribution in [0.15, 0.2) is 218 Å². The van der Waals surface area contributed by atoms with E-state index in [4.69, 9.17) is 0 Å². The Morgan fingerprint density at radius 1 is 0.541 bits per heavy atom. The highest BCUT2D eigenvalue weighted by Gasteiger charge is 2.51. The van der Waals surface area contributed by atoms with Crippen molar-refractivity contribution in [3.8, 4) is 16.8 Å². The lowest BCUT2D eigenvalue weighted by atomic mass is 9.66. The predicted octanol–water partition coefficient (Wildman–Crippen LogP) is 12.9. The molecule has 0 amide bonds. The topological polar surface area (TPSA) is 23.0 Å². The van der Waals surface area contributed by atoms with Gasteiger partial charge in [-0.25, -0.2) is 5.01 Å². The molecule has 9 aromatic carbocycles. The van der Waals surface area contributed by atoms with Gasteiger partial charge in [0, 0.05) is 28.4 Å². The molecule has 4 nitrogen and oxygen atoms in total. The highest BCUT2D eigenvalue weighted by atomic mass is 15.9. The van der Waals surface area contributed by atoms with Crippen molar-refractivity contribution in [2.75, 3.05) is 7.05 Å². The second-order valence-corrected chi connectivity index (χ2v) is 16.4. The molecule has 61 heavy (non-hydrogen) atoms. The number of hydrazine groups is 1. The van der Waals surface area contributed by atoms with Crippen LogP contribution >= 0.6 is 0 Å². The first kappa shape index (κ1) is 35.8. The number of fused-ring (bicyclic) bond motifs is 10. The fraction of sp³-hybridized carbons (Fsp3) is 0.0877. The number of rotatable bonds is 9. The summed E-state index contributed by atoms with van der Waals surface area (Å²) >= 11 is 0. The van der Waals surface area contributed by atoms with E-state index in [1.807, 2.05) is 0 Å². The van der Waals surface area contributed by atoms with Crippen LogP contribution in [0.25, 0.3) is 49.4 Å². The second-order valence-electron chi connectivity index (χ2n) is 16.4. The second kappa shape index (κ2) is 14.3. The van der Waals surface area contributed by atoms with E-state index >= 15 is 0 Å².